The van der Waals surface area contributed by atoms with E-state index in [0.717, 1.165) is 11.1 Å². The number of carbonyl (C=O) groups excluding carboxylic acids is 1. The molecule has 0 fully saturated rings. The first-order valence-electron chi connectivity index (χ1n) is 7.91. The number of benzene rings is 2. The number of ether oxygens (including phenoxy) is 1. The Kier molecular flexibility index (Phi) is 4.70. The summed E-state index contributed by atoms with van der Waals surface area (Å²) in [5.74, 6) is -1.83. The van der Waals surface area contributed by atoms with Gasteiger partial charge in [0.2, 0.25) is 5.91 Å². The van der Waals surface area contributed by atoms with E-state index in [1.807, 2.05) is 24.3 Å². The number of halogens is 1. The summed E-state index contributed by atoms with van der Waals surface area (Å²) in [7, 11) is 1.37. The maximum atomic E-state index is 13.8. The average Bonchev–Trinajstić information content (AvgIpc) is 2.60. The zero-order chi connectivity index (χ0) is 18.0. The average molecular weight is 343 g/mol. The number of hydrogen-bond donors (Lipinski definition) is 1. The molecule has 2 aromatic carbocycles. The van der Waals surface area contributed by atoms with Crippen molar-refractivity contribution < 1.29 is 23.8 Å². The Morgan fingerprint density at radius 2 is 1.96 bits per heavy atom. The van der Waals surface area contributed by atoms with Crippen LogP contribution in [0.5, 0.6) is 5.75 Å². The van der Waals surface area contributed by atoms with Crippen LogP contribution in [0.2, 0.25) is 0 Å². The second-order valence-corrected chi connectivity index (χ2v) is 5.99. The van der Waals surface area contributed by atoms with Gasteiger partial charge in [0.25, 0.3) is 0 Å². The van der Waals surface area contributed by atoms with Crippen LogP contribution in [0, 0.1) is 5.82 Å². The fraction of sp³-hybridized carbons (Fsp3) is 0.263. The van der Waals surface area contributed by atoms with Crippen molar-refractivity contribution in [1.82, 2.24) is 4.90 Å². The third kappa shape index (κ3) is 3.47. The smallest absolute Gasteiger partial charge is 0.326 e. The number of carbonyl (C=O) groups is 2. The van der Waals surface area contributed by atoms with E-state index in [-0.39, 0.29) is 31.0 Å². The molecular weight excluding hydrogens is 325 g/mol. The minimum absolute atomic E-state index is 0.0626. The largest absolute Gasteiger partial charge is 0.494 e. The van der Waals surface area contributed by atoms with Crippen LogP contribution >= 0.6 is 0 Å². The van der Waals surface area contributed by atoms with Gasteiger partial charge in [0.15, 0.2) is 11.6 Å². The van der Waals surface area contributed by atoms with Gasteiger partial charge in [-0.25, -0.2) is 9.18 Å². The van der Waals surface area contributed by atoms with Crippen LogP contribution in [-0.4, -0.2) is 35.0 Å². The van der Waals surface area contributed by atoms with Crippen LogP contribution in [0.1, 0.15) is 16.7 Å². The third-order valence-corrected chi connectivity index (χ3v) is 4.43. The molecule has 0 saturated heterocycles. The number of rotatable bonds is 4. The van der Waals surface area contributed by atoms with Crippen LogP contribution in [-0.2, 0) is 29.0 Å². The number of carboxylic acids is 1. The van der Waals surface area contributed by atoms with Crippen molar-refractivity contribution in [3.63, 3.8) is 0 Å². The third-order valence-electron chi connectivity index (χ3n) is 4.43. The Bertz CT molecular complexity index is 821. The van der Waals surface area contributed by atoms with Gasteiger partial charge < -0.3 is 14.7 Å². The summed E-state index contributed by atoms with van der Waals surface area (Å²) in [4.78, 5) is 25.6. The summed E-state index contributed by atoms with van der Waals surface area (Å²) in [6, 6.07) is 10.9. The summed E-state index contributed by atoms with van der Waals surface area (Å²) in [6.45, 7) is 0.241. The second kappa shape index (κ2) is 6.93. The summed E-state index contributed by atoms with van der Waals surface area (Å²) >= 11 is 0. The number of aliphatic carboxylic acids is 1. The van der Waals surface area contributed by atoms with Crippen LogP contribution in [0.15, 0.2) is 42.5 Å². The normalized spacial score (nSPS) is 16.2. The summed E-state index contributed by atoms with van der Waals surface area (Å²) in [5, 5.41) is 9.49. The van der Waals surface area contributed by atoms with Gasteiger partial charge in [0.05, 0.1) is 13.5 Å². The molecule has 0 spiro atoms. The van der Waals surface area contributed by atoms with E-state index in [1.54, 1.807) is 6.07 Å². The van der Waals surface area contributed by atoms with E-state index in [9.17, 15) is 19.1 Å². The van der Waals surface area contributed by atoms with E-state index < -0.39 is 17.8 Å². The van der Waals surface area contributed by atoms with Crippen molar-refractivity contribution in [2.45, 2.75) is 25.4 Å². The van der Waals surface area contributed by atoms with Crippen molar-refractivity contribution in [1.29, 1.82) is 0 Å². The molecule has 25 heavy (non-hydrogen) atoms. The number of carboxylic acid groups (broad SMARTS) is 1. The molecule has 1 heterocycles. The molecule has 3 rings (SSSR count). The Labute approximate surface area is 144 Å². The fourth-order valence-corrected chi connectivity index (χ4v) is 3.10. The predicted octanol–water partition coefficient (Wildman–Crippen LogP) is 2.41. The number of nitrogens with zero attached hydrogens (tertiary/aromatic N) is 1. The van der Waals surface area contributed by atoms with Gasteiger partial charge in [-0.15, -0.1) is 0 Å². The molecule has 0 aliphatic carbocycles. The van der Waals surface area contributed by atoms with Crippen molar-refractivity contribution in [3.05, 3.63) is 65.0 Å². The second-order valence-electron chi connectivity index (χ2n) is 5.99. The highest BCUT2D eigenvalue weighted by Gasteiger charge is 2.34. The molecule has 0 aromatic heterocycles. The summed E-state index contributed by atoms with van der Waals surface area (Å²) < 4.78 is 18.7. The minimum Gasteiger partial charge on any atom is -0.494 e. The standard InChI is InChI=1S/C19H18FNO4/c1-25-17-7-6-12(8-15(17)20)9-18(22)21-11-14-5-3-2-4-13(14)10-16(21)19(23)24/h2-8,16H,9-11H2,1H3,(H,23,24). The van der Waals surface area contributed by atoms with Crippen LogP contribution in [0.25, 0.3) is 0 Å². The maximum Gasteiger partial charge on any atom is 0.326 e. The van der Waals surface area contributed by atoms with Gasteiger partial charge in [-0.2, -0.15) is 0 Å². The highest BCUT2D eigenvalue weighted by molar-refractivity contribution is 5.85. The van der Waals surface area contributed by atoms with Crippen LogP contribution < -0.4 is 4.74 Å². The van der Waals surface area contributed by atoms with Gasteiger partial charge in [-0.3, -0.25) is 4.79 Å². The first-order chi connectivity index (χ1) is 12.0. The molecule has 1 amide bonds. The molecule has 1 N–H and O–H groups in total. The van der Waals surface area contributed by atoms with Gasteiger partial charge in [0.1, 0.15) is 6.04 Å². The lowest BCUT2D eigenvalue weighted by Gasteiger charge is -2.34. The maximum absolute atomic E-state index is 13.8. The lowest BCUT2D eigenvalue weighted by Crippen LogP contribution is -2.49. The van der Waals surface area contributed by atoms with E-state index >= 15 is 0 Å². The summed E-state index contributed by atoms with van der Waals surface area (Å²) in [6.07, 6.45) is 0.209. The number of hydrogen-bond acceptors (Lipinski definition) is 3. The first-order valence-corrected chi connectivity index (χ1v) is 7.91. The first kappa shape index (κ1) is 17.0. The molecular formula is C19H18FNO4. The SMILES string of the molecule is COc1ccc(CC(=O)N2Cc3ccccc3CC2C(=O)O)cc1F. The summed E-state index contributed by atoms with van der Waals surface area (Å²) in [5.41, 5.74) is 2.36. The van der Waals surface area contributed by atoms with Crippen LogP contribution in [0.3, 0.4) is 0 Å². The molecule has 1 unspecified atom stereocenters. The van der Waals surface area contributed by atoms with E-state index in [1.165, 1.54) is 24.1 Å². The van der Waals surface area contributed by atoms with Gasteiger partial charge >= 0.3 is 5.97 Å². The van der Waals surface area contributed by atoms with Crippen molar-refractivity contribution in [2.75, 3.05) is 7.11 Å². The molecule has 1 aliphatic heterocycles. The van der Waals surface area contributed by atoms with Gasteiger partial charge in [0, 0.05) is 13.0 Å². The molecule has 130 valence electrons. The predicted molar refractivity (Wildman–Crippen MR) is 88.8 cm³/mol. The highest BCUT2D eigenvalue weighted by atomic mass is 19.1. The molecule has 5 nitrogen and oxygen atoms in total. The number of methoxy groups -OCH3 is 1. The van der Waals surface area contributed by atoms with Gasteiger partial charge in [-0.1, -0.05) is 30.3 Å². The van der Waals surface area contributed by atoms with E-state index in [4.69, 9.17) is 4.74 Å². The zero-order valence-corrected chi connectivity index (χ0v) is 13.7. The Morgan fingerprint density at radius 1 is 1.24 bits per heavy atom. The molecule has 1 aliphatic rings. The Hall–Kier alpha value is -2.89. The minimum atomic E-state index is -1.04. The Balaban J connectivity index is 1.82. The molecule has 2 aromatic rings. The topological polar surface area (TPSA) is 66.8 Å². The monoisotopic (exact) mass is 343 g/mol. The number of amides is 1. The molecule has 0 radical (unpaired) electrons. The molecule has 6 heteroatoms. The fourth-order valence-electron chi connectivity index (χ4n) is 3.10. The van der Waals surface area contributed by atoms with Crippen molar-refractivity contribution in [3.8, 4) is 5.75 Å². The number of fused-ring (bicyclic) bond motifs is 1. The van der Waals surface area contributed by atoms with E-state index in [2.05, 4.69) is 0 Å². The zero-order valence-electron chi connectivity index (χ0n) is 13.7. The quantitative estimate of drug-likeness (QED) is 0.926. The molecule has 1 atom stereocenters. The van der Waals surface area contributed by atoms with Crippen LogP contribution in [0.4, 0.5) is 4.39 Å². The van der Waals surface area contributed by atoms with E-state index in [0.29, 0.717) is 5.56 Å². The molecule has 0 saturated carbocycles. The Morgan fingerprint density at radius 3 is 2.60 bits per heavy atom. The molecule has 0 bridgehead atoms. The van der Waals surface area contributed by atoms with Crippen molar-refractivity contribution >= 4 is 11.9 Å². The van der Waals surface area contributed by atoms with Gasteiger partial charge in [-0.05, 0) is 28.8 Å². The lowest BCUT2D eigenvalue weighted by atomic mass is 9.93. The van der Waals surface area contributed by atoms with Crippen molar-refractivity contribution in [2.24, 2.45) is 0 Å². The lowest BCUT2D eigenvalue weighted by molar-refractivity contribution is -0.151. The highest BCUT2D eigenvalue weighted by Crippen LogP contribution is 2.25.